The molecule has 2 aromatic carbocycles. The molecule has 0 fully saturated rings. The molecule has 1 atom stereocenters. The maximum Gasteiger partial charge on any atom is 0.304 e. The van der Waals surface area contributed by atoms with Crippen molar-refractivity contribution < 1.29 is 18.0 Å². The third-order valence-electron chi connectivity index (χ3n) is 5.13. The van der Waals surface area contributed by atoms with Gasteiger partial charge in [0.05, 0.1) is 5.69 Å². The zero-order valence-electron chi connectivity index (χ0n) is 20.1. The van der Waals surface area contributed by atoms with Crippen LogP contribution in [-0.2, 0) is 26.3 Å². The van der Waals surface area contributed by atoms with Crippen LogP contribution >= 0.6 is 0 Å². The number of carbonyl (C=O) groups is 2. The van der Waals surface area contributed by atoms with Crippen LogP contribution in [0.5, 0.6) is 0 Å². The quantitative estimate of drug-likeness (QED) is 0.573. The van der Waals surface area contributed by atoms with Gasteiger partial charge < -0.3 is 10.2 Å². The summed E-state index contributed by atoms with van der Waals surface area (Å²) in [7, 11) is -1.12. The Labute approximate surface area is 197 Å². The summed E-state index contributed by atoms with van der Waals surface area (Å²) in [5, 5.41) is 2.83. The number of nitrogens with one attached hydrogen (secondary N) is 1. The number of carbonyl (C=O) groups excluding carboxylic acids is 2. The molecule has 0 aromatic heterocycles. The Morgan fingerprint density at radius 1 is 0.939 bits per heavy atom. The van der Waals surface area contributed by atoms with Gasteiger partial charge in [-0.05, 0) is 45.4 Å². The van der Waals surface area contributed by atoms with Crippen LogP contribution in [0.4, 0.5) is 5.69 Å². The molecule has 0 aliphatic rings. The number of anilines is 1. The van der Waals surface area contributed by atoms with Gasteiger partial charge in [-0.2, -0.15) is 12.7 Å². The number of hydrogen-bond acceptors (Lipinski definition) is 4. The van der Waals surface area contributed by atoms with Crippen LogP contribution in [0, 0.1) is 6.92 Å². The van der Waals surface area contributed by atoms with Crippen molar-refractivity contribution in [2.24, 2.45) is 0 Å². The summed E-state index contributed by atoms with van der Waals surface area (Å²) >= 11 is 0. The zero-order valence-corrected chi connectivity index (χ0v) is 21.0. The van der Waals surface area contributed by atoms with Crippen molar-refractivity contribution >= 4 is 27.7 Å². The molecule has 0 bridgehead atoms. The molecule has 9 heteroatoms. The van der Waals surface area contributed by atoms with Crippen LogP contribution < -0.4 is 9.62 Å². The van der Waals surface area contributed by atoms with E-state index in [2.05, 4.69) is 5.32 Å². The highest BCUT2D eigenvalue weighted by Gasteiger charge is 2.32. The number of aryl methyl sites for hydroxylation is 1. The van der Waals surface area contributed by atoms with Gasteiger partial charge in [0.25, 0.3) is 0 Å². The fourth-order valence-electron chi connectivity index (χ4n) is 3.19. The second kappa shape index (κ2) is 11.3. The molecule has 0 spiro atoms. The first kappa shape index (κ1) is 26.3. The second-order valence-corrected chi connectivity index (χ2v) is 10.5. The van der Waals surface area contributed by atoms with Gasteiger partial charge in [-0.15, -0.1) is 0 Å². The molecule has 8 nitrogen and oxygen atoms in total. The Bertz CT molecular complexity index is 1040. The predicted octanol–water partition coefficient (Wildman–Crippen LogP) is 2.55. The Kier molecular flexibility index (Phi) is 9.01. The number of nitrogens with zero attached hydrogens (tertiary/aromatic N) is 3. The number of benzene rings is 2. The summed E-state index contributed by atoms with van der Waals surface area (Å²) in [6.45, 7) is 7.05. The summed E-state index contributed by atoms with van der Waals surface area (Å²) in [6, 6.07) is 15.2. The van der Waals surface area contributed by atoms with E-state index in [0.717, 1.165) is 19.7 Å². The van der Waals surface area contributed by atoms with Gasteiger partial charge in [0.15, 0.2) is 0 Å². The van der Waals surface area contributed by atoms with Crippen molar-refractivity contribution in [3.63, 3.8) is 0 Å². The number of amides is 2. The minimum atomic E-state index is -3.95. The molecule has 0 saturated heterocycles. The molecule has 0 saturated carbocycles. The first-order valence-corrected chi connectivity index (χ1v) is 12.2. The van der Waals surface area contributed by atoms with E-state index in [1.807, 2.05) is 45.0 Å². The third-order valence-corrected chi connectivity index (χ3v) is 6.95. The van der Waals surface area contributed by atoms with E-state index in [0.29, 0.717) is 5.69 Å². The molecule has 1 N–H and O–H groups in total. The SMILES string of the molecule is Cc1ccc(CN(C(=O)CN(c2ccccc2)S(=O)(=O)N(C)C)[C@H](C)C(=O)NC(C)C)cc1. The first-order valence-electron chi connectivity index (χ1n) is 10.8. The molecule has 2 rings (SSSR count). The number of hydrogen-bond donors (Lipinski definition) is 1. The van der Waals surface area contributed by atoms with E-state index in [1.165, 1.54) is 19.0 Å². The molecule has 180 valence electrons. The maximum absolute atomic E-state index is 13.5. The van der Waals surface area contributed by atoms with Crippen LogP contribution in [0.1, 0.15) is 31.9 Å². The lowest BCUT2D eigenvalue weighted by Gasteiger charge is -2.33. The highest BCUT2D eigenvalue weighted by atomic mass is 32.2. The Morgan fingerprint density at radius 3 is 2.03 bits per heavy atom. The van der Waals surface area contributed by atoms with Gasteiger partial charge in [-0.25, -0.2) is 4.31 Å². The Morgan fingerprint density at radius 2 is 1.52 bits per heavy atom. The van der Waals surface area contributed by atoms with Gasteiger partial charge in [0, 0.05) is 26.7 Å². The van der Waals surface area contributed by atoms with Crippen LogP contribution in [0.25, 0.3) is 0 Å². The van der Waals surface area contributed by atoms with E-state index >= 15 is 0 Å². The summed E-state index contributed by atoms with van der Waals surface area (Å²) in [6.07, 6.45) is 0. The van der Waals surface area contributed by atoms with Crippen LogP contribution in [0.2, 0.25) is 0 Å². The average Bonchev–Trinajstić information content (AvgIpc) is 2.76. The van der Waals surface area contributed by atoms with Crippen molar-refractivity contribution in [1.82, 2.24) is 14.5 Å². The highest BCUT2D eigenvalue weighted by molar-refractivity contribution is 7.90. The topological polar surface area (TPSA) is 90.0 Å². The lowest BCUT2D eigenvalue weighted by atomic mass is 10.1. The normalized spacial score (nSPS) is 12.5. The van der Waals surface area contributed by atoms with Crippen LogP contribution in [-0.4, -0.2) is 62.2 Å². The lowest BCUT2D eigenvalue weighted by Crippen LogP contribution is -2.53. The van der Waals surface area contributed by atoms with E-state index < -0.39 is 28.7 Å². The Balaban J connectivity index is 2.41. The number of rotatable bonds is 10. The molecule has 0 radical (unpaired) electrons. The lowest BCUT2D eigenvalue weighted by molar-refractivity contribution is -0.139. The molecule has 33 heavy (non-hydrogen) atoms. The molecular formula is C24H34N4O4S. The van der Waals surface area contributed by atoms with Gasteiger partial charge in [0.1, 0.15) is 12.6 Å². The van der Waals surface area contributed by atoms with E-state index in [4.69, 9.17) is 0 Å². The summed E-state index contributed by atoms with van der Waals surface area (Å²) in [5.74, 6) is -0.775. The minimum Gasteiger partial charge on any atom is -0.352 e. The van der Waals surface area contributed by atoms with Gasteiger partial charge >= 0.3 is 10.2 Å². The van der Waals surface area contributed by atoms with Gasteiger partial charge in [-0.1, -0.05) is 48.0 Å². The third kappa shape index (κ3) is 7.03. The predicted molar refractivity (Wildman–Crippen MR) is 131 cm³/mol. The highest BCUT2D eigenvalue weighted by Crippen LogP contribution is 2.20. The summed E-state index contributed by atoms with van der Waals surface area (Å²) < 4.78 is 28.2. The summed E-state index contributed by atoms with van der Waals surface area (Å²) in [5.41, 5.74) is 2.29. The van der Waals surface area contributed by atoms with Crippen molar-refractivity contribution in [2.45, 2.75) is 46.3 Å². The van der Waals surface area contributed by atoms with E-state index in [1.54, 1.807) is 37.3 Å². The number of para-hydroxylation sites is 1. The molecule has 0 aliphatic heterocycles. The molecule has 2 amide bonds. The molecule has 0 heterocycles. The first-order chi connectivity index (χ1) is 15.4. The van der Waals surface area contributed by atoms with Crippen molar-refractivity contribution in [1.29, 1.82) is 0 Å². The van der Waals surface area contributed by atoms with Crippen LogP contribution in [0.15, 0.2) is 54.6 Å². The molecule has 2 aromatic rings. The summed E-state index contributed by atoms with van der Waals surface area (Å²) in [4.78, 5) is 27.7. The molecule has 0 aliphatic carbocycles. The fraction of sp³-hybridized carbons (Fsp3) is 0.417. The van der Waals surface area contributed by atoms with E-state index in [-0.39, 0.29) is 18.5 Å². The standard InChI is InChI=1S/C24H34N4O4S/c1-18(2)25-24(30)20(4)27(16-21-14-12-19(3)13-15-21)23(29)17-28(33(31,32)26(5)6)22-10-8-7-9-11-22/h7-15,18,20H,16-17H2,1-6H3,(H,25,30)/t20-/m1/s1. The monoisotopic (exact) mass is 474 g/mol. The van der Waals surface area contributed by atoms with Crippen molar-refractivity contribution in [2.75, 3.05) is 24.9 Å². The maximum atomic E-state index is 13.5. The largest absolute Gasteiger partial charge is 0.352 e. The zero-order chi connectivity index (χ0) is 24.8. The van der Waals surface area contributed by atoms with Crippen molar-refractivity contribution in [3.8, 4) is 0 Å². The van der Waals surface area contributed by atoms with Crippen molar-refractivity contribution in [3.05, 3.63) is 65.7 Å². The van der Waals surface area contributed by atoms with E-state index in [9.17, 15) is 18.0 Å². The fourth-order valence-corrected chi connectivity index (χ4v) is 4.25. The van der Waals surface area contributed by atoms with Crippen LogP contribution in [0.3, 0.4) is 0 Å². The molecular weight excluding hydrogens is 440 g/mol. The smallest absolute Gasteiger partial charge is 0.304 e. The second-order valence-electron chi connectivity index (χ2n) is 8.48. The Hall–Kier alpha value is -2.91. The molecule has 0 unspecified atom stereocenters. The minimum absolute atomic E-state index is 0.0915. The van der Waals surface area contributed by atoms with Gasteiger partial charge in [0.2, 0.25) is 11.8 Å². The van der Waals surface area contributed by atoms with Gasteiger partial charge in [-0.3, -0.25) is 9.59 Å². The average molecular weight is 475 g/mol.